The van der Waals surface area contributed by atoms with Gasteiger partial charge in [-0.3, -0.25) is 15.0 Å². The third kappa shape index (κ3) is 5.24. The van der Waals surface area contributed by atoms with Gasteiger partial charge in [0.1, 0.15) is 11.5 Å². The van der Waals surface area contributed by atoms with Crippen molar-refractivity contribution >= 4 is 27.5 Å². The van der Waals surface area contributed by atoms with Gasteiger partial charge in [0, 0.05) is 18.7 Å². The molecule has 1 aliphatic heterocycles. The second kappa shape index (κ2) is 8.93. The quantitative estimate of drug-likeness (QED) is 0.622. The molecule has 0 aliphatic carbocycles. The van der Waals surface area contributed by atoms with Crippen LogP contribution in [0.25, 0.3) is 0 Å². The third-order valence-corrected chi connectivity index (χ3v) is 5.55. The summed E-state index contributed by atoms with van der Waals surface area (Å²) in [6.45, 7) is 0.248. The molecule has 0 spiro atoms. The predicted molar refractivity (Wildman–Crippen MR) is 105 cm³/mol. The SMILES string of the molecule is COc1ccc(OCC(=O)NNS(=O)(=O)c2ccc(N3CCCC3=O)cc2)cc1. The van der Waals surface area contributed by atoms with E-state index >= 15 is 0 Å². The summed E-state index contributed by atoms with van der Waals surface area (Å²) in [6, 6.07) is 12.5. The predicted octanol–water partition coefficient (Wildman–Crippen LogP) is 1.21. The molecule has 0 unspecified atom stereocenters. The van der Waals surface area contributed by atoms with E-state index in [0.717, 1.165) is 6.42 Å². The highest BCUT2D eigenvalue weighted by Crippen LogP contribution is 2.22. The van der Waals surface area contributed by atoms with E-state index in [1.807, 2.05) is 4.83 Å². The van der Waals surface area contributed by atoms with E-state index in [9.17, 15) is 18.0 Å². The molecule has 0 aromatic heterocycles. The maximum absolute atomic E-state index is 12.3. The average molecular weight is 419 g/mol. The number of ether oxygens (including phenoxy) is 2. The number of benzene rings is 2. The Hall–Kier alpha value is -3.11. The van der Waals surface area contributed by atoms with Crippen molar-refractivity contribution in [2.45, 2.75) is 17.7 Å². The fraction of sp³-hybridized carbons (Fsp3) is 0.263. The highest BCUT2D eigenvalue weighted by atomic mass is 32.2. The van der Waals surface area contributed by atoms with Gasteiger partial charge in [-0.25, -0.2) is 8.42 Å². The van der Waals surface area contributed by atoms with Crippen molar-refractivity contribution in [1.82, 2.24) is 10.3 Å². The Morgan fingerprint density at radius 1 is 1.07 bits per heavy atom. The highest BCUT2D eigenvalue weighted by molar-refractivity contribution is 7.89. The van der Waals surface area contributed by atoms with Crippen molar-refractivity contribution in [3.05, 3.63) is 48.5 Å². The molecule has 0 radical (unpaired) electrons. The van der Waals surface area contributed by atoms with Gasteiger partial charge in [0.05, 0.1) is 12.0 Å². The summed E-state index contributed by atoms with van der Waals surface area (Å²) >= 11 is 0. The Balaban J connectivity index is 1.52. The average Bonchev–Trinajstić information content (AvgIpc) is 3.17. The van der Waals surface area contributed by atoms with Gasteiger partial charge in [0.15, 0.2) is 6.61 Å². The maximum atomic E-state index is 12.3. The number of carbonyl (C=O) groups excluding carboxylic acids is 2. The molecule has 1 fully saturated rings. The summed E-state index contributed by atoms with van der Waals surface area (Å²) in [5.74, 6) is 0.442. The summed E-state index contributed by atoms with van der Waals surface area (Å²) in [6.07, 6.45) is 1.28. The molecule has 0 saturated carbocycles. The standard InChI is InChI=1S/C19H21N3O6S/c1-27-15-6-8-16(9-7-15)28-13-18(23)20-21-29(25,26)17-10-4-14(5-11-17)22-12-2-3-19(22)24/h4-11,21H,2-3,12-13H2,1H3,(H,20,23). The lowest BCUT2D eigenvalue weighted by molar-refractivity contribution is -0.123. The van der Waals surface area contributed by atoms with Crippen LogP contribution in [0.1, 0.15) is 12.8 Å². The third-order valence-electron chi connectivity index (χ3n) is 4.29. The summed E-state index contributed by atoms with van der Waals surface area (Å²) in [4.78, 5) is 27.2. The van der Waals surface area contributed by atoms with Crippen LogP contribution in [0.4, 0.5) is 5.69 Å². The summed E-state index contributed by atoms with van der Waals surface area (Å²) < 4.78 is 34.9. The smallest absolute Gasteiger partial charge is 0.272 e. The van der Waals surface area contributed by atoms with Gasteiger partial charge in [-0.1, -0.05) is 0 Å². The number of nitrogens with one attached hydrogen (secondary N) is 2. The molecule has 29 heavy (non-hydrogen) atoms. The molecule has 2 amide bonds. The fourth-order valence-corrected chi connectivity index (χ4v) is 3.63. The molecule has 2 N–H and O–H groups in total. The van der Waals surface area contributed by atoms with Gasteiger partial charge >= 0.3 is 0 Å². The van der Waals surface area contributed by atoms with Crippen molar-refractivity contribution < 1.29 is 27.5 Å². The van der Waals surface area contributed by atoms with Crippen molar-refractivity contribution in [2.24, 2.45) is 0 Å². The fourth-order valence-electron chi connectivity index (χ4n) is 2.77. The van der Waals surface area contributed by atoms with Crippen molar-refractivity contribution in [2.75, 3.05) is 25.2 Å². The minimum absolute atomic E-state index is 0.0165. The molecule has 0 bridgehead atoms. The second-order valence-electron chi connectivity index (χ2n) is 6.26. The van der Waals surface area contributed by atoms with E-state index in [2.05, 4.69) is 5.43 Å². The van der Waals surface area contributed by atoms with E-state index in [4.69, 9.17) is 9.47 Å². The van der Waals surface area contributed by atoms with Crippen LogP contribution in [0.15, 0.2) is 53.4 Å². The zero-order valence-corrected chi connectivity index (χ0v) is 16.6. The van der Waals surface area contributed by atoms with Crippen molar-refractivity contribution in [3.63, 3.8) is 0 Å². The van der Waals surface area contributed by atoms with Crippen LogP contribution >= 0.6 is 0 Å². The van der Waals surface area contributed by atoms with Crippen LogP contribution in [0.2, 0.25) is 0 Å². The normalized spacial score (nSPS) is 14.0. The number of methoxy groups -OCH3 is 1. The summed E-state index contributed by atoms with van der Waals surface area (Å²) in [5.41, 5.74) is 2.74. The largest absolute Gasteiger partial charge is 0.497 e. The Kier molecular flexibility index (Phi) is 6.35. The Labute approximate surface area is 168 Å². The van der Waals surface area contributed by atoms with Gasteiger partial charge < -0.3 is 14.4 Å². The van der Waals surface area contributed by atoms with E-state index in [1.165, 1.54) is 19.2 Å². The highest BCUT2D eigenvalue weighted by Gasteiger charge is 2.22. The molecule has 0 atom stereocenters. The van der Waals surface area contributed by atoms with Gasteiger partial charge in [-0.15, -0.1) is 4.83 Å². The molecule has 2 aromatic rings. The first-order chi connectivity index (χ1) is 13.9. The minimum Gasteiger partial charge on any atom is -0.497 e. The lowest BCUT2D eigenvalue weighted by Crippen LogP contribution is -2.43. The molecular weight excluding hydrogens is 398 g/mol. The van der Waals surface area contributed by atoms with Crippen LogP contribution in [0.5, 0.6) is 11.5 Å². The topological polar surface area (TPSA) is 114 Å². The Morgan fingerprint density at radius 3 is 2.31 bits per heavy atom. The Morgan fingerprint density at radius 2 is 1.72 bits per heavy atom. The van der Waals surface area contributed by atoms with Crippen LogP contribution < -0.4 is 24.6 Å². The van der Waals surface area contributed by atoms with Crippen LogP contribution in [0.3, 0.4) is 0 Å². The lowest BCUT2D eigenvalue weighted by atomic mass is 10.3. The van der Waals surface area contributed by atoms with E-state index in [-0.39, 0.29) is 17.4 Å². The van der Waals surface area contributed by atoms with E-state index < -0.39 is 15.9 Å². The second-order valence-corrected chi connectivity index (χ2v) is 7.94. The van der Waals surface area contributed by atoms with Crippen LogP contribution in [-0.4, -0.2) is 40.5 Å². The molecular formula is C19H21N3O6S. The number of hydrazine groups is 1. The number of rotatable bonds is 8. The zero-order valence-electron chi connectivity index (χ0n) is 15.8. The first kappa shape index (κ1) is 20.6. The van der Waals surface area contributed by atoms with Crippen molar-refractivity contribution in [1.29, 1.82) is 0 Å². The van der Waals surface area contributed by atoms with E-state index in [1.54, 1.807) is 41.3 Å². The molecule has 2 aromatic carbocycles. The first-order valence-electron chi connectivity index (χ1n) is 8.87. The minimum atomic E-state index is -3.96. The molecule has 10 heteroatoms. The monoisotopic (exact) mass is 419 g/mol. The molecule has 3 rings (SSSR count). The molecule has 9 nitrogen and oxygen atoms in total. The maximum Gasteiger partial charge on any atom is 0.272 e. The van der Waals surface area contributed by atoms with Gasteiger partial charge in [0.2, 0.25) is 5.91 Å². The molecule has 1 heterocycles. The van der Waals surface area contributed by atoms with Gasteiger partial charge in [0.25, 0.3) is 15.9 Å². The first-order valence-corrected chi connectivity index (χ1v) is 10.4. The van der Waals surface area contributed by atoms with Crippen LogP contribution in [0, 0.1) is 0 Å². The molecule has 154 valence electrons. The summed E-state index contributed by atoms with van der Waals surface area (Å²) in [5, 5.41) is 0. The number of sulfonamides is 1. The molecule has 1 aliphatic rings. The lowest BCUT2D eigenvalue weighted by Gasteiger charge is -2.16. The number of amides is 2. The summed E-state index contributed by atoms with van der Waals surface area (Å²) in [7, 11) is -2.42. The molecule has 1 saturated heterocycles. The van der Waals surface area contributed by atoms with Crippen LogP contribution in [-0.2, 0) is 19.6 Å². The number of anilines is 1. The number of hydrogen-bond acceptors (Lipinski definition) is 6. The van der Waals surface area contributed by atoms with Gasteiger partial charge in [-0.05, 0) is 55.0 Å². The number of hydrogen-bond donors (Lipinski definition) is 2. The number of nitrogens with zero attached hydrogens (tertiary/aromatic N) is 1. The number of carbonyl (C=O) groups is 2. The van der Waals surface area contributed by atoms with Gasteiger partial charge in [-0.2, -0.15) is 0 Å². The zero-order chi connectivity index (χ0) is 20.9. The Bertz CT molecular complexity index is 974. The van der Waals surface area contributed by atoms with E-state index in [0.29, 0.717) is 30.2 Å². The van der Waals surface area contributed by atoms with Crippen molar-refractivity contribution in [3.8, 4) is 11.5 Å².